The average molecular weight is 814 g/mol. The normalized spacial score (nSPS) is 13.8. The quantitative estimate of drug-likeness (QED) is 0.0197. The second kappa shape index (κ2) is 39.0. The van der Waals surface area contributed by atoms with E-state index >= 15 is 0 Å². The molecular weight excluding hydrogens is 725 g/mol. The van der Waals surface area contributed by atoms with Gasteiger partial charge < -0.3 is 27.9 Å². The first-order chi connectivity index (χ1) is 27.0. The van der Waals surface area contributed by atoms with Gasteiger partial charge in [-0.25, -0.2) is 0 Å². The predicted molar refractivity (Wildman–Crippen MR) is 231 cm³/mol. The number of phosphoric ester groups is 1. The number of esters is 2. The number of nitrogens with zero attached hydrogens (tertiary/aromatic N) is 1. The van der Waals surface area contributed by atoms with E-state index in [0.717, 1.165) is 44.9 Å². The van der Waals surface area contributed by atoms with Crippen molar-refractivity contribution in [2.75, 3.05) is 47.5 Å². The van der Waals surface area contributed by atoms with Crippen molar-refractivity contribution in [2.24, 2.45) is 0 Å². The van der Waals surface area contributed by atoms with E-state index < -0.39 is 26.5 Å². The molecule has 0 aliphatic carbocycles. The van der Waals surface area contributed by atoms with Crippen LogP contribution in [0.1, 0.15) is 206 Å². The molecule has 9 nitrogen and oxygen atoms in total. The van der Waals surface area contributed by atoms with Gasteiger partial charge in [-0.3, -0.25) is 14.2 Å². The van der Waals surface area contributed by atoms with Gasteiger partial charge in [0, 0.05) is 12.8 Å². The molecule has 0 N–H and O–H groups in total. The smallest absolute Gasteiger partial charge is 0.306 e. The number of likely N-dealkylation sites (N-methyl/N-ethyl adjacent to an activating group) is 1. The molecule has 330 valence electrons. The van der Waals surface area contributed by atoms with Gasteiger partial charge in [-0.15, -0.1) is 0 Å². The van der Waals surface area contributed by atoms with Crippen molar-refractivity contribution in [3.8, 4) is 0 Å². The molecule has 0 aromatic carbocycles. The van der Waals surface area contributed by atoms with Crippen LogP contribution in [0.15, 0.2) is 24.3 Å². The zero-order chi connectivity index (χ0) is 41.4. The number of rotatable bonds is 42. The number of hydrogen-bond donors (Lipinski definition) is 0. The summed E-state index contributed by atoms with van der Waals surface area (Å²) in [5, 5.41) is 0. The fraction of sp³-hybridized carbons (Fsp3) is 0.870. The molecule has 0 aliphatic rings. The molecule has 2 atom stereocenters. The summed E-state index contributed by atoms with van der Waals surface area (Å²) in [5.74, 6) is -0.864. The highest BCUT2D eigenvalue weighted by molar-refractivity contribution is 7.45. The highest BCUT2D eigenvalue weighted by Crippen LogP contribution is 2.38. The van der Waals surface area contributed by atoms with Crippen molar-refractivity contribution >= 4 is 19.8 Å². The molecule has 0 aromatic heterocycles. The van der Waals surface area contributed by atoms with Crippen LogP contribution in [-0.2, 0) is 32.7 Å². The van der Waals surface area contributed by atoms with E-state index in [1.165, 1.54) is 128 Å². The van der Waals surface area contributed by atoms with Crippen molar-refractivity contribution in [2.45, 2.75) is 213 Å². The number of hydrogen-bond acceptors (Lipinski definition) is 8. The Hall–Kier alpha value is -1.51. The Morgan fingerprint density at radius 1 is 0.554 bits per heavy atom. The van der Waals surface area contributed by atoms with E-state index in [9.17, 15) is 19.0 Å². The van der Waals surface area contributed by atoms with E-state index in [4.69, 9.17) is 18.5 Å². The summed E-state index contributed by atoms with van der Waals surface area (Å²) in [6.45, 7) is 4.20. The molecule has 0 fully saturated rings. The van der Waals surface area contributed by atoms with Gasteiger partial charge in [0.1, 0.15) is 19.8 Å². The van der Waals surface area contributed by atoms with Crippen LogP contribution in [0.3, 0.4) is 0 Å². The largest absolute Gasteiger partial charge is 0.756 e. The van der Waals surface area contributed by atoms with Gasteiger partial charge in [0.15, 0.2) is 6.10 Å². The Morgan fingerprint density at radius 3 is 1.45 bits per heavy atom. The zero-order valence-corrected chi connectivity index (χ0v) is 38.0. The summed E-state index contributed by atoms with van der Waals surface area (Å²) in [7, 11) is 1.15. The molecule has 0 saturated carbocycles. The van der Waals surface area contributed by atoms with Crippen molar-refractivity contribution < 1.29 is 42.1 Å². The third-order valence-corrected chi connectivity index (χ3v) is 10.9. The van der Waals surface area contributed by atoms with Crippen LogP contribution in [0.2, 0.25) is 0 Å². The maximum Gasteiger partial charge on any atom is 0.306 e. The van der Waals surface area contributed by atoms with Crippen molar-refractivity contribution in [3.05, 3.63) is 24.3 Å². The topological polar surface area (TPSA) is 111 Å². The van der Waals surface area contributed by atoms with Gasteiger partial charge in [0.05, 0.1) is 27.7 Å². The van der Waals surface area contributed by atoms with Crippen LogP contribution in [0.4, 0.5) is 0 Å². The minimum atomic E-state index is -4.63. The summed E-state index contributed by atoms with van der Waals surface area (Å²) in [6, 6.07) is 0. The van der Waals surface area contributed by atoms with Crippen molar-refractivity contribution in [1.29, 1.82) is 0 Å². The summed E-state index contributed by atoms with van der Waals surface area (Å²) in [4.78, 5) is 37.5. The summed E-state index contributed by atoms with van der Waals surface area (Å²) >= 11 is 0. The van der Waals surface area contributed by atoms with Crippen molar-refractivity contribution in [1.82, 2.24) is 0 Å². The van der Waals surface area contributed by atoms with Crippen LogP contribution >= 0.6 is 7.82 Å². The number of carbonyl (C=O) groups excluding carboxylic acids is 2. The lowest BCUT2D eigenvalue weighted by atomic mass is 10.0. The third-order valence-electron chi connectivity index (χ3n) is 9.97. The first kappa shape index (κ1) is 54.5. The molecule has 0 rings (SSSR count). The highest BCUT2D eigenvalue weighted by Gasteiger charge is 2.21. The molecule has 0 amide bonds. The van der Waals surface area contributed by atoms with E-state index in [0.29, 0.717) is 17.4 Å². The zero-order valence-electron chi connectivity index (χ0n) is 37.1. The summed E-state index contributed by atoms with van der Waals surface area (Å²) < 4.78 is 33.9. The van der Waals surface area contributed by atoms with E-state index in [1.807, 2.05) is 21.1 Å². The van der Waals surface area contributed by atoms with Crippen LogP contribution in [0.25, 0.3) is 0 Å². The Kier molecular flexibility index (Phi) is 37.9. The molecule has 0 saturated heterocycles. The third kappa shape index (κ3) is 42.1. The number of ether oxygens (including phenoxy) is 2. The van der Waals surface area contributed by atoms with E-state index in [1.54, 1.807) is 0 Å². The van der Waals surface area contributed by atoms with Gasteiger partial charge >= 0.3 is 11.9 Å². The van der Waals surface area contributed by atoms with Gasteiger partial charge in [-0.05, 0) is 44.9 Å². The summed E-state index contributed by atoms with van der Waals surface area (Å²) in [5.41, 5.74) is 0. The van der Waals surface area contributed by atoms with Crippen LogP contribution in [-0.4, -0.2) is 70.0 Å². The first-order valence-corrected chi connectivity index (χ1v) is 24.5. The summed E-state index contributed by atoms with van der Waals surface area (Å²) in [6.07, 6.45) is 42.1. The van der Waals surface area contributed by atoms with Gasteiger partial charge in [-0.2, -0.15) is 0 Å². The number of phosphoric acid groups is 1. The minimum absolute atomic E-state index is 0.0347. The molecule has 0 aromatic rings. The number of carbonyl (C=O) groups is 2. The molecule has 0 aliphatic heterocycles. The highest BCUT2D eigenvalue weighted by atomic mass is 31.2. The maximum atomic E-state index is 12.7. The lowest BCUT2D eigenvalue weighted by Crippen LogP contribution is -2.37. The average Bonchev–Trinajstić information content (AvgIpc) is 3.15. The Labute approximate surface area is 345 Å². The molecule has 1 unspecified atom stereocenters. The van der Waals surface area contributed by atoms with Gasteiger partial charge in [-0.1, -0.05) is 173 Å². The molecule has 0 radical (unpaired) electrons. The molecule has 0 heterocycles. The number of unbranched alkanes of at least 4 members (excludes halogenated alkanes) is 24. The fourth-order valence-corrected chi connectivity index (χ4v) is 7.06. The van der Waals surface area contributed by atoms with E-state index in [-0.39, 0.29) is 32.0 Å². The predicted octanol–water partition coefficient (Wildman–Crippen LogP) is 12.5. The Balaban J connectivity index is 4.35. The van der Waals surface area contributed by atoms with Gasteiger partial charge in [0.25, 0.3) is 7.82 Å². The molecule has 0 bridgehead atoms. The molecule has 10 heteroatoms. The number of allylic oxidation sites excluding steroid dienone is 4. The van der Waals surface area contributed by atoms with Crippen LogP contribution < -0.4 is 4.89 Å². The monoisotopic (exact) mass is 814 g/mol. The van der Waals surface area contributed by atoms with Crippen molar-refractivity contribution in [3.63, 3.8) is 0 Å². The molecule has 56 heavy (non-hydrogen) atoms. The van der Waals surface area contributed by atoms with Crippen LogP contribution in [0.5, 0.6) is 0 Å². The minimum Gasteiger partial charge on any atom is -0.756 e. The lowest BCUT2D eigenvalue weighted by molar-refractivity contribution is -0.870. The Morgan fingerprint density at radius 2 is 0.964 bits per heavy atom. The SMILES string of the molecule is CCCCCCCC/C=C/C/C=C/CCCCC(=O)O[C@H](COC(=O)CCCCCCCCCCCCCCCCCCC)COP(=O)([O-])OCC[N+](C)(C)C. The fourth-order valence-electron chi connectivity index (χ4n) is 6.33. The number of quaternary nitrogens is 1. The van der Waals surface area contributed by atoms with Gasteiger partial charge in [0.2, 0.25) is 0 Å². The molecule has 0 spiro atoms. The first-order valence-electron chi connectivity index (χ1n) is 23.0. The second-order valence-electron chi connectivity index (χ2n) is 16.8. The standard InChI is InChI=1S/C46H88NO8P/c1-6-8-10-12-14-16-18-20-22-23-25-26-28-30-32-34-36-38-45(48)52-42-44(43-54-56(50,51)53-41-40-47(3,4)5)55-46(49)39-37-35-33-31-29-27-24-21-19-17-15-13-11-9-7-2/h21,24,29,31,44H,6-20,22-23,25-28,30,32-43H2,1-5H3/b24-21+,31-29+/t44-/m1/s1. The molecular formula is C46H88NO8P. The van der Waals surface area contributed by atoms with E-state index in [2.05, 4.69) is 38.2 Å². The maximum absolute atomic E-state index is 12.7. The second-order valence-corrected chi connectivity index (χ2v) is 18.2. The Bertz CT molecular complexity index is 1010. The lowest BCUT2D eigenvalue weighted by Gasteiger charge is -2.28. The van der Waals surface area contributed by atoms with Crippen LogP contribution in [0, 0.1) is 0 Å².